The molecular weight excluding hydrogens is 252 g/mol. The lowest BCUT2D eigenvalue weighted by molar-refractivity contribution is -0.0765. The molecule has 0 aromatic carbocycles. The zero-order valence-corrected chi connectivity index (χ0v) is 10.7. The van der Waals surface area contributed by atoms with Crippen molar-refractivity contribution in [2.75, 3.05) is 13.2 Å². The molecule has 1 fully saturated rings. The Balaban J connectivity index is 1.80. The summed E-state index contributed by atoms with van der Waals surface area (Å²) in [5.41, 5.74) is 0.693. The average Bonchev–Trinajstić information content (AvgIpc) is 2.94. The van der Waals surface area contributed by atoms with Crippen molar-refractivity contribution in [2.45, 2.75) is 6.42 Å². The van der Waals surface area contributed by atoms with E-state index in [1.807, 2.05) is 11.4 Å². The van der Waals surface area contributed by atoms with Crippen LogP contribution in [-0.4, -0.2) is 18.2 Å². The summed E-state index contributed by atoms with van der Waals surface area (Å²) in [5, 5.41) is 14.3. The SMILES string of the molecule is N#CC1(Cc2nc(-c3cccs3)cs2)COC1. The molecule has 0 atom stereocenters. The second-order valence-corrected chi connectivity index (χ2v) is 6.06. The van der Waals surface area contributed by atoms with Crippen molar-refractivity contribution < 1.29 is 4.74 Å². The molecule has 3 nitrogen and oxygen atoms in total. The summed E-state index contributed by atoms with van der Waals surface area (Å²) in [6.45, 7) is 1.08. The van der Waals surface area contributed by atoms with E-state index < -0.39 is 0 Å². The summed E-state index contributed by atoms with van der Waals surface area (Å²) in [5.74, 6) is 0. The van der Waals surface area contributed by atoms with Crippen molar-refractivity contribution in [3.05, 3.63) is 27.9 Å². The molecule has 0 N–H and O–H groups in total. The van der Waals surface area contributed by atoms with Crippen LogP contribution in [0.4, 0.5) is 0 Å². The lowest BCUT2D eigenvalue weighted by Gasteiger charge is -2.34. The number of hydrogen-bond donors (Lipinski definition) is 0. The first-order valence-electron chi connectivity index (χ1n) is 5.29. The normalized spacial score (nSPS) is 17.4. The van der Waals surface area contributed by atoms with Crippen molar-refractivity contribution in [2.24, 2.45) is 5.41 Å². The highest BCUT2D eigenvalue weighted by atomic mass is 32.1. The highest BCUT2D eigenvalue weighted by molar-refractivity contribution is 7.14. The third-order valence-corrected chi connectivity index (χ3v) is 4.55. The number of rotatable bonds is 3. The molecule has 0 aliphatic carbocycles. The molecule has 0 amide bonds. The maximum absolute atomic E-state index is 9.14. The molecule has 0 saturated carbocycles. The van der Waals surface area contributed by atoms with E-state index in [0.717, 1.165) is 10.7 Å². The van der Waals surface area contributed by atoms with Gasteiger partial charge in [-0.1, -0.05) is 6.07 Å². The third kappa shape index (κ3) is 2.00. The Labute approximate surface area is 107 Å². The number of thiophene rings is 1. The summed E-state index contributed by atoms with van der Waals surface area (Å²) < 4.78 is 5.14. The molecule has 0 spiro atoms. The van der Waals surface area contributed by atoms with Gasteiger partial charge in [0.25, 0.3) is 0 Å². The maximum Gasteiger partial charge on any atom is 0.110 e. The Morgan fingerprint density at radius 3 is 2.94 bits per heavy atom. The van der Waals surface area contributed by atoms with Crippen LogP contribution in [-0.2, 0) is 11.2 Å². The number of nitrogens with zero attached hydrogens (tertiary/aromatic N) is 2. The number of ether oxygens (including phenoxy) is 1. The number of thiazole rings is 1. The van der Waals surface area contributed by atoms with Crippen molar-refractivity contribution in [3.8, 4) is 16.6 Å². The maximum atomic E-state index is 9.14. The van der Waals surface area contributed by atoms with Gasteiger partial charge in [-0.2, -0.15) is 5.26 Å². The van der Waals surface area contributed by atoms with Gasteiger partial charge in [0.2, 0.25) is 0 Å². The number of hydrogen-bond acceptors (Lipinski definition) is 5. The molecule has 86 valence electrons. The van der Waals surface area contributed by atoms with Crippen LogP contribution in [0.15, 0.2) is 22.9 Å². The Morgan fingerprint density at radius 2 is 2.35 bits per heavy atom. The van der Waals surface area contributed by atoms with E-state index in [1.165, 1.54) is 4.88 Å². The summed E-state index contributed by atoms with van der Waals surface area (Å²) in [7, 11) is 0. The van der Waals surface area contributed by atoms with Gasteiger partial charge < -0.3 is 4.74 Å². The monoisotopic (exact) mass is 262 g/mol. The molecule has 2 aromatic heterocycles. The van der Waals surface area contributed by atoms with Crippen molar-refractivity contribution >= 4 is 22.7 Å². The Hall–Kier alpha value is -1.22. The van der Waals surface area contributed by atoms with E-state index in [2.05, 4.69) is 22.5 Å². The lowest BCUT2D eigenvalue weighted by Crippen LogP contribution is -2.43. The molecule has 3 rings (SSSR count). The van der Waals surface area contributed by atoms with E-state index in [-0.39, 0.29) is 5.41 Å². The second kappa shape index (κ2) is 4.22. The first-order valence-corrected chi connectivity index (χ1v) is 7.05. The third-order valence-electron chi connectivity index (χ3n) is 2.81. The summed E-state index contributed by atoms with van der Waals surface area (Å²) >= 11 is 3.32. The summed E-state index contributed by atoms with van der Waals surface area (Å²) in [4.78, 5) is 5.77. The van der Waals surface area contributed by atoms with E-state index >= 15 is 0 Å². The van der Waals surface area contributed by atoms with Crippen LogP contribution in [0.25, 0.3) is 10.6 Å². The minimum Gasteiger partial charge on any atom is -0.378 e. The predicted molar refractivity (Wildman–Crippen MR) is 68.0 cm³/mol. The predicted octanol–water partition coefficient (Wildman–Crippen LogP) is 2.95. The second-order valence-electron chi connectivity index (χ2n) is 4.17. The van der Waals surface area contributed by atoms with Crippen LogP contribution < -0.4 is 0 Å². The molecule has 5 heteroatoms. The van der Waals surface area contributed by atoms with Gasteiger partial charge in [-0.3, -0.25) is 0 Å². The van der Waals surface area contributed by atoms with Crippen molar-refractivity contribution in [1.29, 1.82) is 5.26 Å². The molecule has 1 aliphatic heterocycles. The molecule has 0 unspecified atom stereocenters. The minimum absolute atomic E-state index is 0.329. The van der Waals surface area contributed by atoms with Crippen LogP contribution in [0.2, 0.25) is 0 Å². The van der Waals surface area contributed by atoms with Gasteiger partial charge in [-0.25, -0.2) is 4.98 Å². The first kappa shape index (κ1) is 10.9. The van der Waals surface area contributed by atoms with E-state index in [4.69, 9.17) is 10.00 Å². The molecule has 17 heavy (non-hydrogen) atoms. The highest BCUT2D eigenvalue weighted by Gasteiger charge is 2.39. The number of nitriles is 1. The topological polar surface area (TPSA) is 45.9 Å². The molecular formula is C12H10N2OS2. The highest BCUT2D eigenvalue weighted by Crippen LogP contribution is 2.33. The molecule has 3 heterocycles. The zero-order valence-electron chi connectivity index (χ0n) is 9.05. The molecule has 1 aliphatic rings. The molecule has 2 aromatic rings. The first-order chi connectivity index (χ1) is 8.31. The van der Waals surface area contributed by atoms with Crippen LogP contribution in [0.1, 0.15) is 5.01 Å². The quantitative estimate of drug-likeness (QED) is 0.854. The van der Waals surface area contributed by atoms with Crippen LogP contribution in [0, 0.1) is 16.7 Å². The summed E-state index contributed by atoms with van der Waals surface area (Å²) in [6.07, 6.45) is 0.708. The van der Waals surface area contributed by atoms with Gasteiger partial charge in [-0.15, -0.1) is 22.7 Å². The molecule has 0 bridgehead atoms. The van der Waals surface area contributed by atoms with E-state index in [9.17, 15) is 0 Å². The summed E-state index contributed by atoms with van der Waals surface area (Å²) in [6, 6.07) is 6.44. The van der Waals surface area contributed by atoms with Gasteiger partial charge >= 0.3 is 0 Å². The van der Waals surface area contributed by atoms with E-state index in [0.29, 0.717) is 19.6 Å². The fourth-order valence-corrected chi connectivity index (χ4v) is 3.47. The Morgan fingerprint density at radius 1 is 1.47 bits per heavy atom. The Kier molecular flexibility index (Phi) is 2.71. The lowest BCUT2D eigenvalue weighted by atomic mass is 9.84. The van der Waals surface area contributed by atoms with Gasteiger partial charge in [0.15, 0.2) is 0 Å². The molecule has 0 radical (unpaired) electrons. The van der Waals surface area contributed by atoms with E-state index in [1.54, 1.807) is 22.7 Å². The fraction of sp³-hybridized carbons (Fsp3) is 0.333. The average molecular weight is 262 g/mol. The van der Waals surface area contributed by atoms with Gasteiger partial charge in [0.1, 0.15) is 5.41 Å². The number of aromatic nitrogens is 1. The minimum atomic E-state index is -0.329. The van der Waals surface area contributed by atoms with Crippen LogP contribution >= 0.6 is 22.7 Å². The van der Waals surface area contributed by atoms with Crippen molar-refractivity contribution in [3.63, 3.8) is 0 Å². The standard InChI is InChI=1S/C12H10N2OS2/c13-6-12(7-15-8-12)4-11-14-9(5-17-11)10-2-1-3-16-10/h1-3,5H,4,7-8H2. The zero-order chi connectivity index (χ0) is 11.7. The van der Waals surface area contributed by atoms with Gasteiger partial charge in [0.05, 0.1) is 34.9 Å². The Bertz CT molecular complexity index is 549. The smallest absolute Gasteiger partial charge is 0.110 e. The van der Waals surface area contributed by atoms with Gasteiger partial charge in [-0.05, 0) is 11.4 Å². The van der Waals surface area contributed by atoms with Crippen LogP contribution in [0.3, 0.4) is 0 Å². The van der Waals surface area contributed by atoms with Crippen molar-refractivity contribution in [1.82, 2.24) is 4.98 Å². The van der Waals surface area contributed by atoms with Crippen LogP contribution in [0.5, 0.6) is 0 Å². The largest absolute Gasteiger partial charge is 0.378 e. The molecule has 1 saturated heterocycles. The fourth-order valence-electron chi connectivity index (χ4n) is 1.77. The van der Waals surface area contributed by atoms with Gasteiger partial charge in [0, 0.05) is 11.8 Å².